The van der Waals surface area contributed by atoms with Gasteiger partial charge in [0.25, 0.3) is 17.5 Å². The Morgan fingerprint density at radius 3 is 2.16 bits per heavy atom. The minimum absolute atomic E-state index is 0.204. The van der Waals surface area contributed by atoms with Gasteiger partial charge in [-0.3, -0.25) is 19.7 Å². The van der Waals surface area contributed by atoms with Crippen molar-refractivity contribution in [3.63, 3.8) is 0 Å². The van der Waals surface area contributed by atoms with Crippen LogP contribution < -0.4 is 10.6 Å². The zero-order valence-electron chi connectivity index (χ0n) is 17.4. The summed E-state index contributed by atoms with van der Waals surface area (Å²) >= 11 is 0. The second-order valence-electron chi connectivity index (χ2n) is 7.35. The predicted molar refractivity (Wildman–Crippen MR) is 110 cm³/mol. The molecule has 172 valence electrons. The highest BCUT2D eigenvalue weighted by Gasteiger charge is 2.39. The van der Waals surface area contributed by atoms with Gasteiger partial charge in [-0.2, -0.15) is 13.2 Å². The lowest BCUT2D eigenvalue weighted by Crippen LogP contribution is -2.45. The average molecular weight is 454 g/mol. The summed E-state index contributed by atoms with van der Waals surface area (Å²) in [6.45, 7) is 0.842. The van der Waals surface area contributed by atoms with Crippen molar-refractivity contribution in [2.24, 2.45) is 0 Å². The van der Waals surface area contributed by atoms with E-state index in [-0.39, 0.29) is 18.1 Å². The van der Waals surface area contributed by atoms with Crippen molar-refractivity contribution in [1.82, 2.24) is 4.90 Å². The van der Waals surface area contributed by atoms with Crippen LogP contribution in [0.3, 0.4) is 0 Å². The molecule has 12 heteroatoms. The molecule has 2 rings (SSSR count). The van der Waals surface area contributed by atoms with E-state index in [2.05, 4.69) is 10.6 Å². The minimum atomic E-state index is -5.01. The van der Waals surface area contributed by atoms with E-state index >= 15 is 0 Å². The van der Waals surface area contributed by atoms with Crippen molar-refractivity contribution >= 4 is 28.9 Å². The first-order valence-electron chi connectivity index (χ1n) is 9.17. The van der Waals surface area contributed by atoms with Crippen molar-refractivity contribution in [3.8, 4) is 0 Å². The van der Waals surface area contributed by atoms with Crippen LogP contribution in [-0.4, -0.2) is 53.0 Å². The van der Waals surface area contributed by atoms with Gasteiger partial charge >= 0.3 is 6.18 Å². The molecule has 0 bridgehead atoms. The number of carbonyl (C=O) groups is 2. The van der Waals surface area contributed by atoms with Crippen LogP contribution >= 0.6 is 0 Å². The fourth-order valence-electron chi connectivity index (χ4n) is 2.61. The number of nitro groups is 1. The molecule has 0 saturated heterocycles. The Morgan fingerprint density at radius 2 is 1.66 bits per heavy atom. The third-order valence-corrected chi connectivity index (χ3v) is 4.42. The van der Waals surface area contributed by atoms with E-state index in [0.717, 1.165) is 13.0 Å². The SMILES string of the molecule is CN(C)C(=O)c1ccc(NCC(C)(O)C(=O)Nc2ccc([N+](=O)[O-])c(C(F)(F)F)c2)cc1. The van der Waals surface area contributed by atoms with Gasteiger partial charge in [0, 0.05) is 37.1 Å². The number of nitrogens with zero attached hydrogens (tertiary/aromatic N) is 2. The van der Waals surface area contributed by atoms with Gasteiger partial charge in [-0.05, 0) is 43.3 Å². The number of alkyl halides is 3. The highest BCUT2D eigenvalue weighted by atomic mass is 19.4. The van der Waals surface area contributed by atoms with Crippen LogP contribution in [-0.2, 0) is 11.0 Å². The van der Waals surface area contributed by atoms with E-state index in [1.807, 2.05) is 0 Å². The van der Waals surface area contributed by atoms with Crippen LogP contribution in [0.15, 0.2) is 42.5 Å². The Kier molecular flexibility index (Phi) is 7.09. The first-order valence-corrected chi connectivity index (χ1v) is 9.17. The molecule has 0 aliphatic heterocycles. The number of nitro benzene ring substituents is 1. The van der Waals surface area contributed by atoms with Gasteiger partial charge < -0.3 is 20.6 Å². The van der Waals surface area contributed by atoms with Crippen molar-refractivity contribution in [3.05, 3.63) is 63.7 Å². The number of aliphatic hydroxyl groups is 1. The topological polar surface area (TPSA) is 125 Å². The maximum atomic E-state index is 13.1. The third-order valence-electron chi connectivity index (χ3n) is 4.42. The summed E-state index contributed by atoms with van der Waals surface area (Å²) in [5, 5.41) is 26.2. The molecule has 0 aliphatic rings. The Bertz CT molecular complexity index is 1020. The van der Waals surface area contributed by atoms with Gasteiger partial charge in [0.1, 0.15) is 5.56 Å². The van der Waals surface area contributed by atoms with Crippen LogP contribution in [0.25, 0.3) is 0 Å². The molecule has 9 nitrogen and oxygen atoms in total. The molecule has 0 heterocycles. The Hall–Kier alpha value is -3.67. The molecular formula is C20H21F3N4O5. The number of benzene rings is 2. The van der Waals surface area contributed by atoms with Gasteiger partial charge in [-0.1, -0.05) is 0 Å². The Morgan fingerprint density at radius 1 is 1.09 bits per heavy atom. The quantitative estimate of drug-likeness (QED) is 0.436. The van der Waals surface area contributed by atoms with Gasteiger partial charge in [-0.25, -0.2) is 0 Å². The lowest BCUT2D eigenvalue weighted by Gasteiger charge is -2.23. The number of halogens is 3. The molecule has 2 aromatic rings. The summed E-state index contributed by atoms with van der Waals surface area (Å²) in [4.78, 5) is 35.3. The van der Waals surface area contributed by atoms with Gasteiger partial charge in [-0.15, -0.1) is 0 Å². The largest absolute Gasteiger partial charge is 0.423 e. The maximum absolute atomic E-state index is 13.1. The lowest BCUT2D eigenvalue weighted by molar-refractivity contribution is -0.388. The van der Waals surface area contributed by atoms with E-state index < -0.39 is 33.9 Å². The van der Waals surface area contributed by atoms with Crippen molar-refractivity contribution < 1.29 is 32.8 Å². The second kappa shape index (κ2) is 9.22. The van der Waals surface area contributed by atoms with Crippen LogP contribution in [0.4, 0.5) is 30.2 Å². The minimum Gasteiger partial charge on any atom is -0.382 e. The monoisotopic (exact) mass is 454 g/mol. The fraction of sp³-hybridized carbons (Fsp3) is 0.300. The van der Waals surface area contributed by atoms with Gasteiger partial charge in [0.15, 0.2) is 5.60 Å². The molecule has 0 saturated carbocycles. The zero-order chi connectivity index (χ0) is 24.3. The molecule has 2 aromatic carbocycles. The summed E-state index contributed by atoms with van der Waals surface area (Å²) in [6.07, 6.45) is -5.01. The summed E-state index contributed by atoms with van der Waals surface area (Å²) in [5.41, 5.74) is -4.16. The zero-order valence-corrected chi connectivity index (χ0v) is 17.4. The summed E-state index contributed by atoms with van der Waals surface area (Å²) < 4.78 is 39.3. The van der Waals surface area contributed by atoms with Crippen LogP contribution in [0.5, 0.6) is 0 Å². The number of nitrogens with one attached hydrogen (secondary N) is 2. The van der Waals surface area contributed by atoms with Crippen molar-refractivity contribution in [1.29, 1.82) is 0 Å². The summed E-state index contributed by atoms with van der Waals surface area (Å²) in [5.74, 6) is -1.23. The molecule has 3 N–H and O–H groups in total. The number of rotatable bonds is 7. The highest BCUT2D eigenvalue weighted by molar-refractivity contribution is 5.97. The molecule has 0 aromatic heterocycles. The van der Waals surface area contributed by atoms with Crippen molar-refractivity contribution in [2.45, 2.75) is 18.7 Å². The Balaban J connectivity index is 2.09. The highest BCUT2D eigenvalue weighted by Crippen LogP contribution is 2.37. The first-order chi connectivity index (χ1) is 14.7. The molecule has 1 atom stereocenters. The molecule has 0 aliphatic carbocycles. The fourth-order valence-corrected chi connectivity index (χ4v) is 2.61. The maximum Gasteiger partial charge on any atom is 0.423 e. The van der Waals surface area contributed by atoms with Crippen LogP contribution in [0.2, 0.25) is 0 Å². The van der Waals surface area contributed by atoms with E-state index in [0.29, 0.717) is 23.4 Å². The Labute approximate surface area is 181 Å². The third kappa shape index (κ3) is 5.94. The number of carbonyl (C=O) groups excluding carboxylic acids is 2. The standard InChI is InChI=1S/C20H21F3N4O5/c1-19(30,11-24-13-6-4-12(5-7-13)17(28)26(2)3)18(29)25-14-8-9-16(27(31)32)15(10-14)20(21,22)23/h4-10,24,30H,11H2,1-3H3,(H,25,29). The molecule has 0 spiro atoms. The number of hydrogen-bond donors (Lipinski definition) is 3. The molecule has 1 unspecified atom stereocenters. The van der Waals surface area contributed by atoms with E-state index in [1.165, 1.54) is 4.90 Å². The lowest BCUT2D eigenvalue weighted by atomic mass is 10.0. The van der Waals surface area contributed by atoms with Crippen LogP contribution in [0.1, 0.15) is 22.8 Å². The van der Waals surface area contributed by atoms with E-state index in [9.17, 15) is 38.0 Å². The van der Waals surface area contributed by atoms with Gasteiger partial charge in [0.05, 0.1) is 11.5 Å². The molecule has 2 amide bonds. The summed E-state index contributed by atoms with van der Waals surface area (Å²) in [6, 6.07) is 8.23. The van der Waals surface area contributed by atoms with E-state index in [4.69, 9.17) is 0 Å². The molecule has 0 radical (unpaired) electrons. The molecular weight excluding hydrogens is 433 g/mol. The van der Waals surface area contributed by atoms with Gasteiger partial charge in [0.2, 0.25) is 0 Å². The van der Waals surface area contributed by atoms with Crippen molar-refractivity contribution in [2.75, 3.05) is 31.3 Å². The number of anilines is 2. The average Bonchev–Trinajstić information content (AvgIpc) is 2.71. The number of hydrogen-bond acceptors (Lipinski definition) is 6. The second-order valence-corrected chi connectivity index (χ2v) is 7.35. The normalized spacial score (nSPS) is 13.1. The first kappa shape index (κ1) is 24.6. The van der Waals surface area contributed by atoms with Crippen LogP contribution in [0, 0.1) is 10.1 Å². The molecule has 32 heavy (non-hydrogen) atoms. The smallest absolute Gasteiger partial charge is 0.382 e. The summed E-state index contributed by atoms with van der Waals surface area (Å²) in [7, 11) is 3.21. The molecule has 0 fully saturated rings. The number of amides is 2. The van der Waals surface area contributed by atoms with E-state index in [1.54, 1.807) is 38.4 Å². The predicted octanol–water partition coefficient (Wildman–Crippen LogP) is 3.12.